The number of cyclic esters (lactones) is 1. The number of aliphatic hydroxyl groups excluding tert-OH is 3. The number of nitrogens with one attached hydrogen (secondary N) is 8. The van der Waals surface area contributed by atoms with E-state index in [2.05, 4.69) is 37.2 Å². The Morgan fingerprint density at radius 1 is 0.800 bits per heavy atom. The zero-order valence-corrected chi connectivity index (χ0v) is 35.8. The van der Waals surface area contributed by atoms with E-state index < -0.39 is 121 Å². The van der Waals surface area contributed by atoms with Gasteiger partial charge < -0.3 is 63.4 Å². The van der Waals surface area contributed by atoms with Gasteiger partial charge in [0.1, 0.15) is 37.0 Å². The normalized spacial score (nSPS) is 24.4. The predicted octanol–water partition coefficient (Wildman–Crippen LogP) is -2.03. The number of carbonyl (C=O) groups excluding carboxylic acids is 7. The van der Waals surface area contributed by atoms with Gasteiger partial charge >= 0.3 is 5.97 Å². The molecule has 0 saturated carbocycles. The van der Waals surface area contributed by atoms with Crippen LogP contribution in [0.2, 0.25) is 0 Å². The van der Waals surface area contributed by atoms with E-state index >= 15 is 0 Å². The van der Waals surface area contributed by atoms with E-state index in [-0.39, 0.29) is 12.4 Å². The zero-order valence-electron chi connectivity index (χ0n) is 35.8. The van der Waals surface area contributed by atoms with Crippen LogP contribution in [0, 0.1) is 17.2 Å². The second-order valence-electron chi connectivity index (χ2n) is 16.1. The van der Waals surface area contributed by atoms with E-state index in [1.165, 1.54) is 6.92 Å². The van der Waals surface area contributed by atoms with E-state index in [0.29, 0.717) is 19.4 Å². The fourth-order valence-corrected chi connectivity index (χ4v) is 6.43. The highest BCUT2D eigenvalue weighted by atomic mass is 16.5. The molecule has 0 bridgehead atoms. The van der Waals surface area contributed by atoms with Crippen molar-refractivity contribution in [2.75, 3.05) is 19.8 Å². The third-order valence-electron chi connectivity index (χ3n) is 9.98. The van der Waals surface area contributed by atoms with Crippen molar-refractivity contribution in [2.24, 2.45) is 23.3 Å². The number of hydrogen-bond acceptors (Lipinski definition) is 13. The van der Waals surface area contributed by atoms with Gasteiger partial charge in [-0.25, -0.2) is 4.79 Å². The highest BCUT2D eigenvalue weighted by molar-refractivity contribution is 5.96. The molecule has 6 amide bonds. The fraction of sp³-hybridized carbons (Fsp3) is 0.795. The molecule has 0 radical (unpaired) electrons. The first kappa shape index (κ1) is 53.4. The molecule has 1 fully saturated rings. The van der Waals surface area contributed by atoms with Crippen LogP contribution in [0.1, 0.15) is 118 Å². The number of unbranched alkanes of at least 4 members (excludes halogenated alkanes) is 9. The van der Waals surface area contributed by atoms with Crippen LogP contribution >= 0.6 is 0 Å². The molecule has 0 aromatic carbocycles. The zero-order chi connectivity index (χ0) is 45.4. The van der Waals surface area contributed by atoms with Crippen molar-refractivity contribution in [3.05, 3.63) is 0 Å². The van der Waals surface area contributed by atoms with Crippen LogP contribution in [0.3, 0.4) is 0 Å². The topological polar surface area (TPSA) is 350 Å². The SMILES string of the molecule is CC1NC(=O)C(CC(N)=O)NC(=O)C(CO)NC(=O)C(C(C)C)NC(O)C(C(C)C)NC(=O)C(NC(=O)CC(O)CCCCCCCCCCCCNC(=N)N)COC1=O. The quantitative estimate of drug-likeness (QED) is 0.0256. The Bertz CT molecular complexity index is 1400. The number of guanidine groups is 1. The van der Waals surface area contributed by atoms with Gasteiger partial charge in [-0.3, -0.25) is 39.5 Å². The van der Waals surface area contributed by atoms with Crippen molar-refractivity contribution in [3.63, 3.8) is 0 Å². The Labute approximate surface area is 352 Å². The highest BCUT2D eigenvalue weighted by Gasteiger charge is 2.36. The number of primary amides is 1. The third kappa shape index (κ3) is 21.6. The van der Waals surface area contributed by atoms with Gasteiger partial charge in [0.15, 0.2) is 5.96 Å². The van der Waals surface area contributed by atoms with E-state index in [9.17, 15) is 48.9 Å². The first-order chi connectivity index (χ1) is 28.3. The summed E-state index contributed by atoms with van der Waals surface area (Å²) in [5.74, 6) is -7.53. The minimum absolute atomic E-state index is 0.0106. The molecular formula is C39H72N10O11. The lowest BCUT2D eigenvalue weighted by atomic mass is 9.98. The maximum atomic E-state index is 13.7. The molecule has 15 N–H and O–H groups in total. The van der Waals surface area contributed by atoms with Crippen LogP contribution in [0.15, 0.2) is 0 Å². The number of amides is 6. The summed E-state index contributed by atoms with van der Waals surface area (Å²) >= 11 is 0. The number of ether oxygens (including phenoxy) is 1. The van der Waals surface area contributed by atoms with Crippen molar-refractivity contribution in [3.8, 4) is 0 Å². The lowest BCUT2D eigenvalue weighted by Gasteiger charge is -2.33. The number of carbonyl (C=O) groups is 7. The first-order valence-corrected chi connectivity index (χ1v) is 21.0. The molecule has 0 aromatic rings. The Hall–Kier alpha value is -4.60. The average molecular weight is 857 g/mol. The van der Waals surface area contributed by atoms with Crippen LogP contribution in [0.4, 0.5) is 0 Å². The van der Waals surface area contributed by atoms with Crippen molar-refractivity contribution in [1.29, 1.82) is 5.41 Å². The van der Waals surface area contributed by atoms with Crippen LogP contribution in [0.5, 0.6) is 0 Å². The van der Waals surface area contributed by atoms with Crippen LogP contribution in [-0.4, -0.2) is 131 Å². The molecule has 0 aromatic heterocycles. The lowest BCUT2D eigenvalue weighted by Crippen LogP contribution is -2.63. The van der Waals surface area contributed by atoms with E-state index in [4.69, 9.17) is 21.6 Å². The average Bonchev–Trinajstić information content (AvgIpc) is 3.16. The van der Waals surface area contributed by atoms with Crippen LogP contribution in [0.25, 0.3) is 0 Å². The van der Waals surface area contributed by atoms with E-state index in [1.807, 2.05) is 0 Å². The maximum absolute atomic E-state index is 13.7. The van der Waals surface area contributed by atoms with Gasteiger partial charge in [-0.2, -0.15) is 0 Å². The van der Waals surface area contributed by atoms with E-state index in [0.717, 1.165) is 57.8 Å². The highest BCUT2D eigenvalue weighted by Crippen LogP contribution is 2.14. The molecule has 1 heterocycles. The minimum Gasteiger partial charge on any atom is -0.461 e. The second-order valence-corrected chi connectivity index (χ2v) is 16.1. The smallest absolute Gasteiger partial charge is 0.328 e. The number of esters is 1. The van der Waals surface area contributed by atoms with Crippen LogP contribution in [-0.2, 0) is 38.3 Å². The summed E-state index contributed by atoms with van der Waals surface area (Å²) in [4.78, 5) is 91.3. The third-order valence-corrected chi connectivity index (χ3v) is 9.98. The van der Waals surface area contributed by atoms with Gasteiger partial charge in [-0.15, -0.1) is 0 Å². The summed E-state index contributed by atoms with van der Waals surface area (Å²) in [6.07, 6.45) is 6.84. The fourth-order valence-electron chi connectivity index (χ4n) is 6.43. The maximum Gasteiger partial charge on any atom is 0.328 e. The minimum atomic E-state index is -1.63. The monoisotopic (exact) mass is 857 g/mol. The number of rotatable bonds is 21. The lowest BCUT2D eigenvalue weighted by molar-refractivity contribution is -0.150. The molecule has 1 aliphatic heterocycles. The molecule has 0 aliphatic carbocycles. The molecule has 8 atom stereocenters. The number of aliphatic hydroxyl groups is 3. The van der Waals surface area contributed by atoms with Crippen molar-refractivity contribution < 1.29 is 53.6 Å². The molecule has 21 heteroatoms. The Kier molecular flexibility index (Phi) is 25.6. The van der Waals surface area contributed by atoms with Crippen molar-refractivity contribution in [1.82, 2.24) is 37.2 Å². The standard InChI is InChI=1S/C39H72N10O11/c1-22(2)31-36(57)47-27(20-50)34(55)46-26(19-29(40)52)33(54)44-24(5)38(59)60-21-28(35(56)48-32(23(3)4)37(58)49-31)45-30(53)18-25(51)16-14-12-10-8-6-7-9-11-13-15-17-43-39(41)42/h22-28,31-32,37,49-51,58H,6-21H2,1-5H3,(H2,40,52)(H,44,54)(H,45,53)(H,46,55)(H,47,57)(H,48,56)(H4,41,42,43). The first-order valence-electron chi connectivity index (χ1n) is 21.0. The van der Waals surface area contributed by atoms with Gasteiger partial charge in [0.05, 0.1) is 37.6 Å². The van der Waals surface area contributed by atoms with Gasteiger partial charge in [0.2, 0.25) is 35.4 Å². The van der Waals surface area contributed by atoms with Crippen LogP contribution < -0.4 is 48.7 Å². The molecular weight excluding hydrogens is 784 g/mol. The number of nitrogens with two attached hydrogens (primary N) is 2. The molecule has 344 valence electrons. The molecule has 8 unspecified atom stereocenters. The molecule has 1 aliphatic rings. The van der Waals surface area contributed by atoms with Gasteiger partial charge in [-0.1, -0.05) is 85.5 Å². The Morgan fingerprint density at radius 3 is 1.88 bits per heavy atom. The largest absolute Gasteiger partial charge is 0.461 e. The summed E-state index contributed by atoms with van der Waals surface area (Å²) in [5.41, 5.74) is 10.6. The summed E-state index contributed by atoms with van der Waals surface area (Å²) in [7, 11) is 0. The predicted molar refractivity (Wildman–Crippen MR) is 221 cm³/mol. The van der Waals surface area contributed by atoms with E-state index in [1.54, 1.807) is 27.7 Å². The van der Waals surface area contributed by atoms with Crippen molar-refractivity contribution >= 4 is 47.4 Å². The molecule has 21 nitrogen and oxygen atoms in total. The summed E-state index contributed by atoms with van der Waals surface area (Å²) < 4.78 is 5.32. The van der Waals surface area contributed by atoms with Crippen molar-refractivity contribution in [2.45, 2.75) is 167 Å². The Balaban J connectivity index is 3.06. The summed E-state index contributed by atoms with van der Waals surface area (Å²) in [6, 6.07) is -8.45. The molecule has 0 spiro atoms. The molecule has 1 saturated heterocycles. The second kappa shape index (κ2) is 28.8. The molecule has 60 heavy (non-hydrogen) atoms. The summed E-state index contributed by atoms with van der Waals surface area (Å²) in [6.45, 7) is 6.94. The van der Waals surface area contributed by atoms with Gasteiger partial charge in [0.25, 0.3) is 0 Å². The van der Waals surface area contributed by atoms with Gasteiger partial charge in [-0.05, 0) is 31.6 Å². The Morgan fingerprint density at radius 2 is 1.35 bits per heavy atom. The number of hydrogen-bond donors (Lipinski definition) is 13. The molecule has 1 rings (SSSR count). The van der Waals surface area contributed by atoms with Gasteiger partial charge in [0, 0.05) is 6.54 Å². The summed E-state index contributed by atoms with van der Waals surface area (Å²) in [5, 5.41) is 56.6.